The van der Waals surface area contributed by atoms with Crippen molar-refractivity contribution >= 4 is 34.0 Å². The lowest BCUT2D eigenvalue weighted by atomic mass is 10.2. The van der Waals surface area contributed by atoms with Crippen molar-refractivity contribution in [2.75, 3.05) is 11.4 Å². The molecule has 130 valence electrons. The largest absolute Gasteiger partial charge is 0.509 e. The fourth-order valence-electron chi connectivity index (χ4n) is 3.10. The summed E-state index contributed by atoms with van der Waals surface area (Å²) in [6, 6.07) is 12.4. The highest BCUT2D eigenvalue weighted by atomic mass is 16.3. The zero-order chi connectivity index (χ0) is 18.4. The summed E-state index contributed by atoms with van der Waals surface area (Å²) in [6.45, 7) is 2.16. The Bertz CT molecular complexity index is 1080. The van der Waals surface area contributed by atoms with E-state index in [1.165, 1.54) is 0 Å². The lowest BCUT2D eigenvalue weighted by molar-refractivity contribution is 0.100. The Morgan fingerprint density at radius 3 is 2.69 bits per heavy atom. The van der Waals surface area contributed by atoms with Crippen LogP contribution in [0.1, 0.15) is 21.7 Å². The second kappa shape index (κ2) is 5.73. The third kappa shape index (κ3) is 2.50. The van der Waals surface area contributed by atoms with E-state index in [0.717, 1.165) is 16.6 Å². The number of nitrogens with zero attached hydrogens (tertiary/aromatic N) is 2. The highest BCUT2D eigenvalue weighted by Gasteiger charge is 2.31. The molecule has 0 fully saturated rings. The number of carbonyl (C=O) groups excluding carboxylic acids is 1. The summed E-state index contributed by atoms with van der Waals surface area (Å²) in [5.74, 6) is 0.173. The van der Waals surface area contributed by atoms with Crippen LogP contribution >= 0.6 is 0 Å². The van der Waals surface area contributed by atoms with Gasteiger partial charge in [0.05, 0.1) is 23.2 Å². The van der Waals surface area contributed by atoms with Crippen LogP contribution in [0.25, 0.3) is 16.6 Å². The van der Waals surface area contributed by atoms with Gasteiger partial charge in [-0.05, 0) is 48.9 Å². The number of rotatable bonds is 3. The maximum absolute atomic E-state index is 11.2. The van der Waals surface area contributed by atoms with Gasteiger partial charge in [-0.3, -0.25) is 10.2 Å². The summed E-state index contributed by atoms with van der Waals surface area (Å²) in [5.41, 5.74) is 9.45. The third-order valence-electron chi connectivity index (χ3n) is 4.44. The molecular weight excluding hydrogens is 330 g/mol. The second-order valence-corrected chi connectivity index (χ2v) is 6.27. The van der Waals surface area contributed by atoms with Crippen LogP contribution in [0.3, 0.4) is 0 Å². The number of aromatic nitrogens is 2. The van der Waals surface area contributed by atoms with Crippen molar-refractivity contribution in [3.05, 3.63) is 65.2 Å². The molecule has 4 rings (SSSR count). The fourth-order valence-corrected chi connectivity index (χ4v) is 3.10. The van der Waals surface area contributed by atoms with Crippen LogP contribution < -0.4 is 10.6 Å². The topological polar surface area (TPSA) is 119 Å². The number of hydrogen-bond donors (Lipinski definition) is 4. The number of aromatic amines is 1. The van der Waals surface area contributed by atoms with Crippen molar-refractivity contribution < 1.29 is 9.90 Å². The number of carbonyl (C=O) groups is 1. The summed E-state index contributed by atoms with van der Waals surface area (Å²) in [4.78, 5) is 20.5. The number of amides is 1. The first-order valence-electron chi connectivity index (χ1n) is 8.09. The van der Waals surface area contributed by atoms with Gasteiger partial charge in [-0.25, -0.2) is 4.98 Å². The van der Waals surface area contributed by atoms with Gasteiger partial charge in [0.1, 0.15) is 17.4 Å². The van der Waals surface area contributed by atoms with Gasteiger partial charge >= 0.3 is 0 Å². The number of H-pyrrole nitrogens is 1. The van der Waals surface area contributed by atoms with Crippen LogP contribution in [0.2, 0.25) is 0 Å². The molecule has 26 heavy (non-hydrogen) atoms. The summed E-state index contributed by atoms with van der Waals surface area (Å²) < 4.78 is 0. The van der Waals surface area contributed by atoms with E-state index in [4.69, 9.17) is 11.1 Å². The van der Waals surface area contributed by atoms with Crippen molar-refractivity contribution in [2.24, 2.45) is 5.73 Å². The number of imidazole rings is 1. The van der Waals surface area contributed by atoms with Crippen molar-refractivity contribution in [3.8, 4) is 0 Å². The number of aliphatic hydroxyl groups excluding tert-OH is 1. The number of fused-ring (bicyclic) bond motifs is 1. The summed E-state index contributed by atoms with van der Waals surface area (Å²) in [5, 5.41) is 18.9. The first kappa shape index (κ1) is 15.9. The van der Waals surface area contributed by atoms with Gasteiger partial charge in [0.25, 0.3) is 0 Å². The molecule has 3 aromatic rings. The Labute approximate surface area is 149 Å². The van der Waals surface area contributed by atoms with Crippen molar-refractivity contribution in [3.63, 3.8) is 0 Å². The molecule has 0 atom stereocenters. The number of anilines is 1. The maximum Gasteiger partial charge on any atom is 0.248 e. The number of primary amides is 1. The van der Waals surface area contributed by atoms with Crippen LogP contribution in [0.4, 0.5) is 5.69 Å². The molecule has 2 aromatic carbocycles. The first-order valence-corrected chi connectivity index (χ1v) is 8.09. The van der Waals surface area contributed by atoms with E-state index in [0.29, 0.717) is 22.6 Å². The second-order valence-electron chi connectivity index (χ2n) is 6.27. The molecule has 0 spiro atoms. The minimum absolute atomic E-state index is 0.0738. The van der Waals surface area contributed by atoms with E-state index in [1.54, 1.807) is 29.2 Å². The normalized spacial score (nSPS) is 14.5. The lowest BCUT2D eigenvalue weighted by Gasteiger charge is -2.18. The van der Waals surface area contributed by atoms with Gasteiger partial charge in [0.15, 0.2) is 0 Å². The Morgan fingerprint density at radius 1 is 1.27 bits per heavy atom. The molecule has 1 aromatic heterocycles. The maximum atomic E-state index is 11.2. The molecule has 0 saturated carbocycles. The minimum atomic E-state index is -0.507. The molecule has 1 aliphatic heterocycles. The number of nitrogens with two attached hydrogens (primary N) is 1. The molecule has 0 unspecified atom stereocenters. The van der Waals surface area contributed by atoms with Crippen LogP contribution in [0.15, 0.2) is 48.2 Å². The van der Waals surface area contributed by atoms with Gasteiger partial charge in [0, 0.05) is 11.3 Å². The third-order valence-corrected chi connectivity index (χ3v) is 4.44. The van der Waals surface area contributed by atoms with Crippen LogP contribution in [0, 0.1) is 12.3 Å². The monoisotopic (exact) mass is 347 g/mol. The van der Waals surface area contributed by atoms with E-state index in [2.05, 4.69) is 9.97 Å². The number of aryl methyl sites for hydroxylation is 1. The van der Waals surface area contributed by atoms with Crippen LogP contribution in [-0.2, 0) is 0 Å². The quantitative estimate of drug-likeness (QED) is 0.582. The SMILES string of the molecule is Cc1ccc2nc(C3=C(O)CN(c4ccc(C(N)=O)cc4)C3=N)[nH]c2c1. The first-order chi connectivity index (χ1) is 12.4. The van der Waals surface area contributed by atoms with Crippen LogP contribution in [-0.4, -0.2) is 33.4 Å². The van der Waals surface area contributed by atoms with Gasteiger partial charge < -0.3 is 20.7 Å². The summed E-state index contributed by atoms with van der Waals surface area (Å²) >= 11 is 0. The van der Waals surface area contributed by atoms with Gasteiger partial charge in [0.2, 0.25) is 5.91 Å². The molecule has 5 N–H and O–H groups in total. The predicted octanol–water partition coefficient (Wildman–Crippen LogP) is 2.74. The molecule has 1 aliphatic rings. The number of nitrogens with one attached hydrogen (secondary N) is 2. The molecule has 1 amide bonds. The molecule has 0 radical (unpaired) electrons. The van der Waals surface area contributed by atoms with E-state index >= 15 is 0 Å². The van der Waals surface area contributed by atoms with E-state index in [1.807, 2.05) is 25.1 Å². The number of aliphatic hydroxyl groups is 1. The smallest absolute Gasteiger partial charge is 0.248 e. The van der Waals surface area contributed by atoms with Crippen molar-refractivity contribution in [2.45, 2.75) is 6.92 Å². The van der Waals surface area contributed by atoms with Gasteiger partial charge in [-0.2, -0.15) is 0 Å². The summed E-state index contributed by atoms with van der Waals surface area (Å²) in [6.07, 6.45) is 0. The molecule has 7 heteroatoms. The van der Waals surface area contributed by atoms with Crippen molar-refractivity contribution in [1.29, 1.82) is 5.41 Å². The molecule has 2 heterocycles. The standard InChI is InChI=1S/C19H17N5O2/c1-10-2-7-13-14(8-10)23-19(22-13)16-15(25)9-24(17(16)20)12-5-3-11(4-6-12)18(21)26/h2-8,20,25H,9H2,1H3,(H2,21,26)(H,22,23). The van der Waals surface area contributed by atoms with Crippen LogP contribution in [0.5, 0.6) is 0 Å². The number of amidine groups is 1. The zero-order valence-electron chi connectivity index (χ0n) is 14.1. The van der Waals surface area contributed by atoms with Gasteiger partial charge in [-0.1, -0.05) is 6.07 Å². The Balaban J connectivity index is 1.68. The average molecular weight is 347 g/mol. The Kier molecular flexibility index (Phi) is 3.50. The zero-order valence-corrected chi connectivity index (χ0v) is 14.1. The fraction of sp³-hybridized carbons (Fsp3) is 0.105. The highest BCUT2D eigenvalue weighted by molar-refractivity contribution is 6.30. The molecule has 7 nitrogen and oxygen atoms in total. The van der Waals surface area contributed by atoms with Crippen molar-refractivity contribution in [1.82, 2.24) is 9.97 Å². The minimum Gasteiger partial charge on any atom is -0.509 e. The van der Waals surface area contributed by atoms with E-state index < -0.39 is 5.91 Å². The summed E-state index contributed by atoms with van der Waals surface area (Å²) in [7, 11) is 0. The highest BCUT2D eigenvalue weighted by Crippen LogP contribution is 2.31. The van der Waals surface area contributed by atoms with Gasteiger partial charge in [-0.15, -0.1) is 0 Å². The number of benzene rings is 2. The molecular formula is C19H17N5O2. The molecule has 0 aliphatic carbocycles. The lowest BCUT2D eigenvalue weighted by Crippen LogP contribution is -2.26. The predicted molar refractivity (Wildman–Crippen MR) is 100 cm³/mol. The Hall–Kier alpha value is -3.61. The molecule has 0 saturated heterocycles. The average Bonchev–Trinajstić information content (AvgIpc) is 3.14. The van der Waals surface area contributed by atoms with E-state index in [9.17, 15) is 9.90 Å². The molecule has 0 bridgehead atoms. The number of hydrogen-bond acceptors (Lipinski definition) is 4. The Morgan fingerprint density at radius 2 is 2.00 bits per heavy atom. The van der Waals surface area contributed by atoms with E-state index in [-0.39, 0.29) is 18.1 Å².